The molecule has 1 fully saturated rings. The van der Waals surface area contributed by atoms with E-state index in [0.717, 1.165) is 11.3 Å². The minimum atomic E-state index is -1.50. The summed E-state index contributed by atoms with van der Waals surface area (Å²) in [6.45, 7) is 1.47. The van der Waals surface area contributed by atoms with E-state index in [1.807, 2.05) is 79.5 Å². The molecule has 0 unspecified atom stereocenters. The fourth-order valence-electron chi connectivity index (χ4n) is 4.18. The lowest BCUT2D eigenvalue weighted by molar-refractivity contribution is -0.0458. The summed E-state index contributed by atoms with van der Waals surface area (Å²) in [5, 5.41) is 25.7. The maximum atomic E-state index is 11.3. The molecular weight excluding hydrogens is 430 g/mol. The smallest absolute Gasteiger partial charge is 0.234 e. The predicted molar refractivity (Wildman–Crippen MR) is 128 cm³/mol. The first-order valence-electron chi connectivity index (χ1n) is 11.1. The maximum absolute atomic E-state index is 11.3. The van der Waals surface area contributed by atoms with Gasteiger partial charge in [-0.25, -0.2) is 4.98 Å². The van der Waals surface area contributed by atoms with Crippen molar-refractivity contribution in [2.24, 2.45) is 0 Å². The molecule has 8 nitrogen and oxygen atoms in total. The Morgan fingerprint density at radius 3 is 2.53 bits per heavy atom. The van der Waals surface area contributed by atoms with Crippen molar-refractivity contribution in [3.05, 3.63) is 83.8 Å². The van der Waals surface area contributed by atoms with E-state index in [-0.39, 0.29) is 13.0 Å². The summed E-state index contributed by atoms with van der Waals surface area (Å²) >= 11 is 0. The lowest BCUT2D eigenvalue weighted by Crippen LogP contribution is -2.39. The molecule has 5 rings (SSSR count). The number of aromatic nitrogens is 4. The van der Waals surface area contributed by atoms with Crippen LogP contribution in [0.5, 0.6) is 0 Å². The molecule has 1 aliphatic rings. The second-order valence-electron chi connectivity index (χ2n) is 8.34. The van der Waals surface area contributed by atoms with Crippen molar-refractivity contribution < 1.29 is 14.9 Å². The molecule has 34 heavy (non-hydrogen) atoms. The molecule has 0 saturated carbocycles. The fraction of sp³-hybridized carbons (Fsp3) is 0.269. The molecule has 0 aliphatic carbocycles. The Bertz CT molecular complexity index is 1360. The quantitative estimate of drug-likeness (QED) is 0.457. The van der Waals surface area contributed by atoms with E-state index in [9.17, 15) is 10.2 Å². The number of fused-ring (bicyclic) bond motifs is 1. The van der Waals surface area contributed by atoms with Crippen LogP contribution in [-0.2, 0) is 4.74 Å². The maximum Gasteiger partial charge on any atom is 0.234 e. The molecule has 0 amide bonds. The Labute approximate surface area is 197 Å². The number of aliphatic hydroxyl groups excluding tert-OH is 1. The highest BCUT2D eigenvalue weighted by molar-refractivity contribution is 5.60. The second kappa shape index (κ2) is 8.88. The summed E-state index contributed by atoms with van der Waals surface area (Å²) in [5.41, 5.74) is 1.54. The number of benzene rings is 2. The third-order valence-corrected chi connectivity index (χ3v) is 6.00. The fourth-order valence-corrected chi connectivity index (χ4v) is 4.18. The van der Waals surface area contributed by atoms with Crippen molar-refractivity contribution in [1.29, 1.82) is 0 Å². The predicted octanol–water partition coefficient (Wildman–Crippen LogP) is 2.81. The summed E-state index contributed by atoms with van der Waals surface area (Å²) in [7, 11) is 1.92. The SMILES string of the molecule is Cc1nc(N(C)c2ccccc2)n2ncc([C@H]3C[C@@](O)(C#Cc4ccccc4)[C@@H](CO)O3)c2n1. The van der Waals surface area contributed by atoms with Crippen LogP contribution in [0.2, 0.25) is 0 Å². The van der Waals surface area contributed by atoms with Gasteiger partial charge in [0.2, 0.25) is 5.95 Å². The molecule has 172 valence electrons. The topological polar surface area (TPSA) is 96.0 Å². The molecule has 3 heterocycles. The number of hydrogen-bond acceptors (Lipinski definition) is 7. The summed E-state index contributed by atoms with van der Waals surface area (Å²) in [6.07, 6.45) is 0.486. The van der Waals surface area contributed by atoms with E-state index < -0.39 is 17.8 Å². The largest absolute Gasteiger partial charge is 0.394 e. The van der Waals surface area contributed by atoms with Gasteiger partial charge in [0.15, 0.2) is 11.2 Å². The molecule has 0 bridgehead atoms. The molecule has 1 saturated heterocycles. The zero-order chi connectivity index (χ0) is 23.7. The molecular formula is C26H25N5O3. The van der Waals surface area contributed by atoms with Crippen molar-refractivity contribution in [3.63, 3.8) is 0 Å². The first kappa shape index (κ1) is 22.0. The molecule has 2 N–H and O–H groups in total. The Hall–Kier alpha value is -3.77. The minimum Gasteiger partial charge on any atom is -0.394 e. The first-order chi connectivity index (χ1) is 16.5. The number of rotatable bonds is 4. The summed E-state index contributed by atoms with van der Waals surface area (Å²) in [6, 6.07) is 19.3. The normalized spacial score (nSPS) is 21.9. The van der Waals surface area contributed by atoms with E-state index in [0.29, 0.717) is 23.0 Å². The zero-order valence-electron chi connectivity index (χ0n) is 19.0. The Balaban J connectivity index is 1.50. The number of anilines is 2. The molecule has 2 aromatic heterocycles. The Kier molecular flexibility index (Phi) is 5.75. The highest BCUT2D eigenvalue weighted by atomic mass is 16.5. The van der Waals surface area contributed by atoms with Crippen molar-refractivity contribution in [2.75, 3.05) is 18.6 Å². The number of aliphatic hydroxyl groups is 2. The Morgan fingerprint density at radius 1 is 1.12 bits per heavy atom. The van der Waals surface area contributed by atoms with E-state index >= 15 is 0 Å². The van der Waals surface area contributed by atoms with Gasteiger partial charge in [0.25, 0.3) is 0 Å². The third-order valence-electron chi connectivity index (χ3n) is 6.00. The van der Waals surface area contributed by atoms with Crippen LogP contribution in [0.3, 0.4) is 0 Å². The third kappa shape index (κ3) is 4.01. The lowest BCUT2D eigenvalue weighted by atomic mass is 9.92. The van der Waals surface area contributed by atoms with Crippen molar-refractivity contribution >= 4 is 17.3 Å². The minimum absolute atomic E-state index is 0.187. The molecule has 3 atom stereocenters. The van der Waals surface area contributed by atoms with Gasteiger partial charge in [0.05, 0.1) is 18.9 Å². The van der Waals surface area contributed by atoms with E-state index in [1.165, 1.54) is 0 Å². The van der Waals surface area contributed by atoms with Gasteiger partial charge < -0.3 is 19.8 Å². The van der Waals surface area contributed by atoms with E-state index in [4.69, 9.17) is 4.74 Å². The van der Waals surface area contributed by atoms with Crippen LogP contribution in [0.15, 0.2) is 66.9 Å². The summed E-state index contributed by atoms with van der Waals surface area (Å²) in [4.78, 5) is 11.2. The van der Waals surface area contributed by atoms with E-state index in [1.54, 1.807) is 10.7 Å². The highest BCUT2D eigenvalue weighted by Gasteiger charge is 2.47. The monoisotopic (exact) mass is 455 g/mol. The van der Waals surface area contributed by atoms with Gasteiger partial charge in [-0.2, -0.15) is 14.6 Å². The van der Waals surface area contributed by atoms with Gasteiger partial charge in [0.1, 0.15) is 11.9 Å². The first-order valence-corrected chi connectivity index (χ1v) is 11.1. The molecule has 4 aromatic rings. The molecule has 0 radical (unpaired) electrons. The number of nitrogens with zero attached hydrogens (tertiary/aromatic N) is 5. The molecule has 8 heteroatoms. The van der Waals surface area contributed by atoms with Crippen LogP contribution >= 0.6 is 0 Å². The van der Waals surface area contributed by atoms with Gasteiger partial charge in [0, 0.05) is 30.3 Å². The average Bonchev–Trinajstić information content (AvgIpc) is 3.43. The van der Waals surface area contributed by atoms with Crippen LogP contribution in [0.4, 0.5) is 11.6 Å². The highest BCUT2D eigenvalue weighted by Crippen LogP contribution is 2.41. The number of aryl methyl sites for hydroxylation is 1. The van der Waals surface area contributed by atoms with Crippen molar-refractivity contribution in [3.8, 4) is 11.8 Å². The van der Waals surface area contributed by atoms with Crippen molar-refractivity contribution in [2.45, 2.75) is 31.2 Å². The Morgan fingerprint density at radius 2 is 1.82 bits per heavy atom. The van der Waals surface area contributed by atoms with Gasteiger partial charge in [-0.3, -0.25) is 0 Å². The average molecular weight is 456 g/mol. The molecule has 1 aliphatic heterocycles. The number of ether oxygens (including phenoxy) is 1. The van der Waals surface area contributed by atoms with Gasteiger partial charge in [-0.1, -0.05) is 48.2 Å². The van der Waals surface area contributed by atoms with Gasteiger partial charge >= 0.3 is 0 Å². The van der Waals surface area contributed by atoms with Gasteiger partial charge in [-0.05, 0) is 31.2 Å². The molecule has 0 spiro atoms. The van der Waals surface area contributed by atoms with Crippen LogP contribution in [0.1, 0.15) is 29.5 Å². The molecule has 2 aromatic carbocycles. The summed E-state index contributed by atoms with van der Waals surface area (Å²) < 4.78 is 7.73. The lowest BCUT2D eigenvalue weighted by Gasteiger charge is -2.20. The zero-order valence-corrected chi connectivity index (χ0v) is 19.0. The van der Waals surface area contributed by atoms with Crippen LogP contribution < -0.4 is 4.90 Å². The number of hydrogen-bond donors (Lipinski definition) is 2. The summed E-state index contributed by atoms with van der Waals surface area (Å²) in [5.74, 6) is 7.12. The second-order valence-corrected chi connectivity index (χ2v) is 8.34. The standard InChI is InChI=1S/C26H25N5O3/c1-18-28-24-21(16-27-31(24)25(29-18)30(2)20-11-7-4-8-12-20)22-15-26(33,23(17-32)34-22)14-13-19-9-5-3-6-10-19/h3-12,16,22-23,32-33H,15,17H2,1-2H3/t22-,23-,26+/m1/s1. The van der Waals surface area contributed by atoms with Gasteiger partial charge in [-0.15, -0.1) is 0 Å². The van der Waals surface area contributed by atoms with Crippen LogP contribution in [0.25, 0.3) is 5.65 Å². The van der Waals surface area contributed by atoms with Crippen LogP contribution in [-0.4, -0.2) is 55.2 Å². The van der Waals surface area contributed by atoms with Crippen molar-refractivity contribution in [1.82, 2.24) is 19.6 Å². The number of para-hydroxylation sites is 1. The van der Waals surface area contributed by atoms with E-state index in [2.05, 4.69) is 26.9 Å². The van der Waals surface area contributed by atoms with Crippen LogP contribution in [0, 0.1) is 18.8 Å².